The lowest BCUT2D eigenvalue weighted by atomic mass is 9.58. The van der Waals surface area contributed by atoms with E-state index in [1.165, 1.54) is 144 Å². The van der Waals surface area contributed by atoms with Crippen LogP contribution in [0.3, 0.4) is 0 Å². The highest BCUT2D eigenvalue weighted by Gasteiger charge is 2.38. The Morgan fingerprint density at radius 2 is 1.23 bits per heavy atom. The molecule has 2 aliphatic rings. The summed E-state index contributed by atoms with van der Waals surface area (Å²) in [6.07, 6.45) is 9.65. The van der Waals surface area contributed by atoms with Crippen molar-refractivity contribution in [2.75, 3.05) is 5.32 Å². The van der Waals surface area contributed by atoms with E-state index in [2.05, 4.69) is 222 Å². The van der Waals surface area contributed by atoms with Crippen LogP contribution in [0.4, 0.5) is 11.4 Å². The third-order valence-electron chi connectivity index (χ3n) is 15.7. The molecule has 9 aromatic rings. The first-order chi connectivity index (χ1) is 33.5. The highest BCUT2D eigenvalue weighted by Crippen LogP contribution is 2.53. The monoisotopic (exact) mass is 899 g/mol. The third kappa shape index (κ3) is 8.02. The van der Waals surface area contributed by atoms with Crippen molar-refractivity contribution in [2.24, 2.45) is 0 Å². The van der Waals surface area contributed by atoms with E-state index in [1.54, 1.807) is 0 Å². The van der Waals surface area contributed by atoms with E-state index in [0.717, 1.165) is 31.5 Å². The maximum Gasteiger partial charge on any atom is 0.198 e. The largest absolute Gasteiger partial charge is 0.355 e. The maximum atomic E-state index is 4.10. The van der Waals surface area contributed by atoms with Crippen molar-refractivity contribution in [2.45, 2.75) is 117 Å². The molecule has 69 heavy (non-hydrogen) atoms. The summed E-state index contributed by atoms with van der Waals surface area (Å²) in [5.41, 5.74) is 25.0. The van der Waals surface area contributed by atoms with Gasteiger partial charge in [0.25, 0.3) is 0 Å². The Balaban J connectivity index is 1.25. The standard InChI is InChI=1S/C66H67BN2/c1-8-10-14-22-43-30-34-48(35-31-43)68-58-42-50-49-28-20-21-29-55(49)66(6,7)56(50)41-51(58)52-40-54(61(45-24-16-12-17-25-45)46-26-18-13-19-27-46)62-53-39-47(65(3,4)5)33-37-59(53)69-60-36-32-44(23-15-11-9-2)38-57(60)67-63(52)64(62)69/h12-13,16-21,24-42,61,67-68H,8-11,14-15,22-23H2,1-7H3. The molecule has 344 valence electrons. The molecule has 0 fully saturated rings. The van der Waals surface area contributed by atoms with Crippen LogP contribution in [0.1, 0.15) is 137 Å². The molecule has 0 bridgehead atoms. The minimum atomic E-state index is -0.168. The number of hydrogen-bond acceptors (Lipinski definition) is 1. The molecule has 0 unspecified atom stereocenters. The van der Waals surface area contributed by atoms with E-state index in [1.807, 2.05) is 0 Å². The van der Waals surface area contributed by atoms with Gasteiger partial charge < -0.3 is 9.88 Å². The number of aromatic nitrogens is 1. The van der Waals surface area contributed by atoms with Crippen LogP contribution in [-0.2, 0) is 23.7 Å². The molecule has 0 spiro atoms. The minimum Gasteiger partial charge on any atom is -0.355 e. The zero-order valence-corrected chi connectivity index (χ0v) is 42.0. The molecule has 0 saturated heterocycles. The molecule has 11 rings (SSSR count). The SMILES string of the molecule is CCCCCc1ccc(Nc2cc3c(cc2-c2cc(C(c4ccccc4)c4ccccc4)c4c5cc(C(C)(C)C)ccc5n5c4c2Bc2cc(CCCCC)ccc2-5)C(C)(C)c2ccccc2-3)cc1. The van der Waals surface area contributed by atoms with Crippen LogP contribution in [0, 0.1) is 0 Å². The minimum absolute atomic E-state index is 0.00772. The summed E-state index contributed by atoms with van der Waals surface area (Å²) in [4.78, 5) is 0. The normalized spacial score (nSPS) is 13.4. The Labute approximate surface area is 412 Å². The quantitative estimate of drug-likeness (QED) is 0.0654. The van der Waals surface area contributed by atoms with Crippen molar-refractivity contribution in [3.8, 4) is 27.9 Å². The Kier molecular flexibility index (Phi) is 11.8. The first-order valence-electron chi connectivity index (χ1n) is 26.0. The summed E-state index contributed by atoms with van der Waals surface area (Å²) >= 11 is 0. The number of rotatable bonds is 14. The number of unbranched alkanes of at least 4 members (excludes halogenated alkanes) is 4. The summed E-state index contributed by atoms with van der Waals surface area (Å²) < 4.78 is 2.67. The smallest absolute Gasteiger partial charge is 0.198 e. The molecule has 3 heteroatoms. The lowest BCUT2D eigenvalue weighted by Gasteiger charge is -2.29. The van der Waals surface area contributed by atoms with Crippen molar-refractivity contribution in [3.05, 3.63) is 208 Å². The number of nitrogens with one attached hydrogen (secondary N) is 1. The topological polar surface area (TPSA) is 17.0 Å². The van der Waals surface area contributed by atoms with E-state index in [9.17, 15) is 0 Å². The van der Waals surface area contributed by atoms with Crippen LogP contribution in [0.2, 0.25) is 0 Å². The van der Waals surface area contributed by atoms with E-state index in [0.29, 0.717) is 0 Å². The Bertz CT molecular complexity index is 3310. The molecule has 0 atom stereocenters. The van der Waals surface area contributed by atoms with Crippen LogP contribution < -0.4 is 16.2 Å². The molecule has 1 aliphatic carbocycles. The predicted molar refractivity (Wildman–Crippen MR) is 299 cm³/mol. The number of fused-ring (bicyclic) bond motifs is 8. The number of aryl methyl sites for hydroxylation is 2. The van der Waals surface area contributed by atoms with Crippen LogP contribution in [-0.4, -0.2) is 11.8 Å². The van der Waals surface area contributed by atoms with Crippen molar-refractivity contribution < 1.29 is 0 Å². The summed E-state index contributed by atoms with van der Waals surface area (Å²) in [6.45, 7) is 16.5. The average Bonchev–Trinajstić information content (AvgIpc) is 3.82. The molecule has 2 heterocycles. The van der Waals surface area contributed by atoms with Crippen molar-refractivity contribution >= 4 is 51.4 Å². The summed E-state index contributed by atoms with van der Waals surface area (Å²) in [5.74, 6) is -0.00772. The molecule has 0 saturated carbocycles. The predicted octanol–water partition coefficient (Wildman–Crippen LogP) is 16.1. The van der Waals surface area contributed by atoms with Crippen LogP contribution in [0.5, 0.6) is 0 Å². The molecule has 0 radical (unpaired) electrons. The Morgan fingerprint density at radius 1 is 0.580 bits per heavy atom. The lowest BCUT2D eigenvalue weighted by molar-refractivity contribution is 0.591. The fraction of sp³-hybridized carbons (Fsp3) is 0.273. The second-order valence-corrected chi connectivity index (χ2v) is 21.8. The number of hydrogen-bond donors (Lipinski definition) is 1. The number of anilines is 2. The molecular weight excluding hydrogens is 832 g/mol. The fourth-order valence-electron chi connectivity index (χ4n) is 12.0. The van der Waals surface area contributed by atoms with Crippen molar-refractivity contribution in [3.63, 3.8) is 0 Å². The zero-order chi connectivity index (χ0) is 47.4. The van der Waals surface area contributed by atoms with Gasteiger partial charge in [-0.25, -0.2) is 0 Å². The average molecular weight is 899 g/mol. The highest BCUT2D eigenvalue weighted by atomic mass is 15.0. The molecule has 8 aromatic carbocycles. The van der Waals surface area contributed by atoms with E-state index in [-0.39, 0.29) is 16.7 Å². The molecular formula is C66H67BN2. The summed E-state index contributed by atoms with van der Waals surface area (Å²) in [5, 5.41) is 6.80. The van der Waals surface area contributed by atoms with E-state index >= 15 is 0 Å². The van der Waals surface area contributed by atoms with Gasteiger partial charge in [-0.3, -0.25) is 0 Å². The van der Waals surface area contributed by atoms with E-state index < -0.39 is 0 Å². The summed E-state index contributed by atoms with van der Waals surface area (Å²) in [7, 11) is 0.861. The number of nitrogens with zero attached hydrogens (tertiary/aromatic N) is 1. The van der Waals surface area contributed by atoms with Crippen molar-refractivity contribution in [1.29, 1.82) is 0 Å². The zero-order valence-electron chi connectivity index (χ0n) is 42.0. The summed E-state index contributed by atoms with van der Waals surface area (Å²) in [6, 6.07) is 63.4. The van der Waals surface area contributed by atoms with Crippen LogP contribution in [0.25, 0.3) is 49.7 Å². The molecule has 1 aromatic heterocycles. The fourth-order valence-corrected chi connectivity index (χ4v) is 12.0. The molecule has 0 amide bonds. The number of benzene rings is 8. The van der Waals surface area contributed by atoms with Gasteiger partial charge in [0.2, 0.25) is 0 Å². The van der Waals surface area contributed by atoms with Gasteiger partial charge in [0.15, 0.2) is 7.28 Å². The van der Waals surface area contributed by atoms with Gasteiger partial charge in [0, 0.05) is 50.2 Å². The second-order valence-electron chi connectivity index (χ2n) is 21.8. The van der Waals surface area contributed by atoms with Crippen molar-refractivity contribution in [1.82, 2.24) is 4.57 Å². The first-order valence-corrected chi connectivity index (χ1v) is 26.0. The first kappa shape index (κ1) is 44.9. The van der Waals surface area contributed by atoms with Gasteiger partial charge in [-0.2, -0.15) is 0 Å². The van der Waals surface area contributed by atoms with Crippen LogP contribution in [0.15, 0.2) is 164 Å². The van der Waals surface area contributed by atoms with Gasteiger partial charge in [0.05, 0.1) is 5.52 Å². The molecule has 1 N–H and O–H groups in total. The van der Waals surface area contributed by atoms with Gasteiger partial charge in [-0.05, 0) is 146 Å². The maximum absolute atomic E-state index is 4.10. The molecule has 2 nitrogen and oxygen atoms in total. The lowest BCUT2D eigenvalue weighted by Crippen LogP contribution is -2.38. The van der Waals surface area contributed by atoms with E-state index in [4.69, 9.17) is 0 Å². The molecule has 1 aliphatic heterocycles. The third-order valence-corrected chi connectivity index (χ3v) is 15.7. The Morgan fingerprint density at radius 3 is 1.91 bits per heavy atom. The van der Waals surface area contributed by atoms with Gasteiger partial charge >= 0.3 is 0 Å². The second kappa shape index (κ2) is 18.1. The highest BCUT2D eigenvalue weighted by molar-refractivity contribution is 6.73. The van der Waals surface area contributed by atoms with Gasteiger partial charge in [0.1, 0.15) is 0 Å². The Hall–Kier alpha value is -6.58. The van der Waals surface area contributed by atoms with Gasteiger partial charge in [-0.1, -0.05) is 195 Å². The van der Waals surface area contributed by atoms with Gasteiger partial charge in [-0.15, -0.1) is 0 Å². The van der Waals surface area contributed by atoms with Crippen LogP contribution >= 0.6 is 0 Å².